The summed E-state index contributed by atoms with van der Waals surface area (Å²) in [5.41, 5.74) is 3.94. The quantitative estimate of drug-likeness (QED) is 0.292. The number of rotatable bonds is 6. The number of thiazole rings is 1. The number of para-hydroxylation sites is 2. The van der Waals surface area contributed by atoms with Crippen LogP contribution in [0.2, 0.25) is 0 Å². The number of esters is 1. The maximum absolute atomic E-state index is 13.3. The Morgan fingerprint density at radius 1 is 0.939 bits per heavy atom. The number of anilines is 2. The van der Waals surface area contributed by atoms with Gasteiger partial charge in [-0.05, 0) is 48.5 Å². The van der Waals surface area contributed by atoms with E-state index in [-0.39, 0.29) is 12.4 Å². The van der Waals surface area contributed by atoms with Crippen molar-refractivity contribution in [3.05, 3.63) is 107 Å². The lowest BCUT2D eigenvalue weighted by molar-refractivity contribution is 0.0471. The summed E-state index contributed by atoms with van der Waals surface area (Å²) >= 11 is 1.44. The first-order valence-corrected chi connectivity index (χ1v) is 11.1. The number of pyridine rings is 1. The summed E-state index contributed by atoms with van der Waals surface area (Å²) in [5.74, 6) is -0.800. The molecule has 3 aromatic carbocycles. The van der Waals surface area contributed by atoms with E-state index in [1.807, 2.05) is 60.0 Å². The summed E-state index contributed by atoms with van der Waals surface area (Å²) in [4.78, 5) is 22.1. The van der Waals surface area contributed by atoms with Crippen LogP contribution in [0.15, 0.2) is 90.3 Å². The summed E-state index contributed by atoms with van der Waals surface area (Å²) < 4.78 is 18.9. The first-order chi connectivity index (χ1) is 16.2. The average Bonchev–Trinajstić information content (AvgIpc) is 3.30. The molecule has 0 saturated heterocycles. The van der Waals surface area contributed by atoms with Crippen molar-refractivity contribution >= 4 is 39.0 Å². The highest BCUT2D eigenvalue weighted by molar-refractivity contribution is 7.13. The van der Waals surface area contributed by atoms with Crippen molar-refractivity contribution in [1.29, 1.82) is 0 Å². The summed E-state index contributed by atoms with van der Waals surface area (Å²) in [6, 6.07) is 24.8. The molecule has 0 aliphatic heterocycles. The molecule has 0 spiro atoms. The number of carbonyl (C=O) groups excluding carboxylic acids is 1. The van der Waals surface area contributed by atoms with E-state index in [0.29, 0.717) is 33.4 Å². The fraction of sp³-hybridized carbons (Fsp3) is 0.0385. The topological polar surface area (TPSA) is 64.1 Å². The van der Waals surface area contributed by atoms with Crippen molar-refractivity contribution in [2.24, 2.45) is 0 Å². The zero-order valence-corrected chi connectivity index (χ0v) is 18.2. The lowest BCUT2D eigenvalue weighted by Gasteiger charge is -2.10. The molecule has 0 aliphatic carbocycles. The Morgan fingerprint density at radius 3 is 2.52 bits per heavy atom. The number of aromatic nitrogens is 2. The third kappa shape index (κ3) is 4.73. The van der Waals surface area contributed by atoms with Crippen LogP contribution in [0, 0.1) is 5.82 Å². The van der Waals surface area contributed by atoms with Crippen LogP contribution in [0.3, 0.4) is 0 Å². The van der Waals surface area contributed by atoms with Crippen molar-refractivity contribution in [2.75, 3.05) is 5.32 Å². The molecule has 5 rings (SSSR count). The van der Waals surface area contributed by atoms with E-state index in [2.05, 4.69) is 15.3 Å². The van der Waals surface area contributed by atoms with E-state index in [1.54, 1.807) is 18.2 Å². The van der Waals surface area contributed by atoms with Gasteiger partial charge in [-0.1, -0.05) is 36.4 Å². The van der Waals surface area contributed by atoms with Gasteiger partial charge in [-0.15, -0.1) is 11.3 Å². The minimum absolute atomic E-state index is 0.0499. The van der Waals surface area contributed by atoms with Gasteiger partial charge >= 0.3 is 5.97 Å². The highest BCUT2D eigenvalue weighted by Gasteiger charge is 2.16. The van der Waals surface area contributed by atoms with Crippen LogP contribution in [0.5, 0.6) is 0 Å². The molecule has 0 unspecified atom stereocenters. The fourth-order valence-electron chi connectivity index (χ4n) is 3.41. The molecule has 0 radical (unpaired) electrons. The average molecular weight is 456 g/mol. The molecule has 2 aromatic heterocycles. The van der Waals surface area contributed by atoms with Crippen LogP contribution in [-0.4, -0.2) is 15.9 Å². The molecule has 2 heterocycles. The zero-order chi connectivity index (χ0) is 22.6. The van der Waals surface area contributed by atoms with Gasteiger partial charge in [-0.25, -0.2) is 19.2 Å². The van der Waals surface area contributed by atoms with Gasteiger partial charge in [0.15, 0.2) is 5.13 Å². The molecular formula is C26H18FN3O2S. The predicted octanol–water partition coefficient (Wildman–Crippen LogP) is 6.60. The van der Waals surface area contributed by atoms with Crippen LogP contribution in [0.25, 0.3) is 22.2 Å². The molecule has 1 N–H and O–H groups in total. The Labute approximate surface area is 193 Å². The Balaban J connectivity index is 1.36. The standard InChI is InChI=1S/C26H18FN3O2S/c27-18-12-10-17(11-13-18)24-14-22(21-8-4-5-9-23(21)30-24)25(31)32-15-20-16-33-26(29-20)28-19-6-2-1-3-7-19/h1-14,16H,15H2,(H,28,29). The van der Waals surface area contributed by atoms with Gasteiger partial charge < -0.3 is 10.1 Å². The van der Waals surface area contributed by atoms with Gasteiger partial charge in [-0.2, -0.15) is 0 Å². The monoisotopic (exact) mass is 455 g/mol. The summed E-state index contributed by atoms with van der Waals surface area (Å²) in [6.07, 6.45) is 0. The van der Waals surface area contributed by atoms with Crippen LogP contribution in [0.1, 0.15) is 16.1 Å². The van der Waals surface area contributed by atoms with Crippen LogP contribution in [-0.2, 0) is 11.3 Å². The van der Waals surface area contributed by atoms with Crippen molar-refractivity contribution in [3.8, 4) is 11.3 Å². The van der Waals surface area contributed by atoms with Crippen molar-refractivity contribution in [1.82, 2.24) is 9.97 Å². The highest BCUT2D eigenvalue weighted by Crippen LogP contribution is 2.26. The lowest BCUT2D eigenvalue weighted by atomic mass is 10.0. The van der Waals surface area contributed by atoms with E-state index in [9.17, 15) is 9.18 Å². The van der Waals surface area contributed by atoms with E-state index in [1.165, 1.54) is 23.5 Å². The number of nitrogens with zero attached hydrogens (tertiary/aromatic N) is 2. The van der Waals surface area contributed by atoms with Crippen molar-refractivity contribution in [3.63, 3.8) is 0 Å². The molecule has 33 heavy (non-hydrogen) atoms. The van der Waals surface area contributed by atoms with Gasteiger partial charge in [0.2, 0.25) is 0 Å². The number of hydrogen-bond acceptors (Lipinski definition) is 6. The van der Waals surface area contributed by atoms with Gasteiger partial charge in [0, 0.05) is 22.0 Å². The third-order valence-electron chi connectivity index (χ3n) is 5.00. The second kappa shape index (κ2) is 9.18. The summed E-state index contributed by atoms with van der Waals surface area (Å²) in [7, 11) is 0. The predicted molar refractivity (Wildman–Crippen MR) is 128 cm³/mol. The summed E-state index contributed by atoms with van der Waals surface area (Å²) in [6.45, 7) is 0.0499. The minimum atomic E-state index is -0.470. The number of hydrogen-bond donors (Lipinski definition) is 1. The lowest BCUT2D eigenvalue weighted by Crippen LogP contribution is -2.07. The number of carbonyl (C=O) groups is 1. The second-order valence-corrected chi connectivity index (χ2v) is 8.15. The molecule has 0 atom stereocenters. The number of benzene rings is 3. The van der Waals surface area contributed by atoms with E-state index in [0.717, 1.165) is 10.8 Å². The normalized spacial score (nSPS) is 10.8. The Bertz CT molecular complexity index is 1420. The van der Waals surface area contributed by atoms with Gasteiger partial charge in [-0.3, -0.25) is 0 Å². The molecule has 5 nitrogen and oxygen atoms in total. The minimum Gasteiger partial charge on any atom is -0.456 e. The van der Waals surface area contributed by atoms with Crippen LogP contribution < -0.4 is 5.32 Å². The number of ether oxygens (including phenoxy) is 1. The first-order valence-electron chi connectivity index (χ1n) is 10.2. The Kier molecular flexibility index (Phi) is 5.78. The molecule has 5 aromatic rings. The largest absolute Gasteiger partial charge is 0.456 e. The Morgan fingerprint density at radius 2 is 1.70 bits per heavy atom. The van der Waals surface area contributed by atoms with Crippen LogP contribution >= 0.6 is 11.3 Å². The molecule has 0 bridgehead atoms. The van der Waals surface area contributed by atoms with Crippen molar-refractivity contribution in [2.45, 2.75) is 6.61 Å². The third-order valence-corrected chi connectivity index (χ3v) is 5.81. The highest BCUT2D eigenvalue weighted by atomic mass is 32.1. The first kappa shape index (κ1) is 20.8. The number of nitrogens with one attached hydrogen (secondary N) is 1. The van der Waals surface area contributed by atoms with E-state index >= 15 is 0 Å². The second-order valence-electron chi connectivity index (χ2n) is 7.29. The molecule has 0 aliphatic rings. The fourth-order valence-corrected chi connectivity index (χ4v) is 4.12. The smallest absolute Gasteiger partial charge is 0.339 e. The van der Waals surface area contributed by atoms with E-state index < -0.39 is 5.97 Å². The molecule has 162 valence electrons. The van der Waals surface area contributed by atoms with Crippen LogP contribution in [0.4, 0.5) is 15.2 Å². The Hall–Kier alpha value is -4.10. The van der Waals surface area contributed by atoms with Gasteiger partial charge in [0.25, 0.3) is 0 Å². The molecule has 0 amide bonds. The molecular weight excluding hydrogens is 437 g/mol. The molecule has 7 heteroatoms. The van der Waals surface area contributed by atoms with Crippen molar-refractivity contribution < 1.29 is 13.9 Å². The van der Waals surface area contributed by atoms with E-state index in [4.69, 9.17) is 4.74 Å². The SMILES string of the molecule is O=C(OCc1csc(Nc2ccccc2)n1)c1cc(-c2ccc(F)cc2)nc2ccccc12. The number of halogens is 1. The van der Waals surface area contributed by atoms with Gasteiger partial charge in [0.1, 0.15) is 12.4 Å². The number of fused-ring (bicyclic) bond motifs is 1. The maximum atomic E-state index is 13.3. The summed E-state index contributed by atoms with van der Waals surface area (Å²) in [5, 5.41) is 6.50. The zero-order valence-electron chi connectivity index (χ0n) is 17.4. The molecule has 0 fully saturated rings. The maximum Gasteiger partial charge on any atom is 0.339 e. The molecule has 0 saturated carbocycles. The van der Waals surface area contributed by atoms with Gasteiger partial charge in [0.05, 0.1) is 22.5 Å².